The van der Waals surface area contributed by atoms with Crippen LogP contribution in [0.2, 0.25) is 0 Å². The van der Waals surface area contributed by atoms with Gasteiger partial charge in [-0.3, -0.25) is 9.59 Å². The van der Waals surface area contributed by atoms with E-state index in [1.807, 2.05) is 102 Å². The number of benzene rings is 6. The van der Waals surface area contributed by atoms with E-state index in [1.54, 1.807) is 48.5 Å². The van der Waals surface area contributed by atoms with Gasteiger partial charge in [-0.15, -0.1) is 0 Å². The van der Waals surface area contributed by atoms with Crippen LogP contribution >= 0.6 is 0 Å². The van der Waals surface area contributed by atoms with Gasteiger partial charge in [0.1, 0.15) is 17.2 Å². The van der Waals surface area contributed by atoms with Crippen molar-refractivity contribution in [1.82, 2.24) is 9.13 Å². The Balaban J connectivity index is 0.000000209. The maximum Gasteiger partial charge on any atom is 0.488 e. The maximum atomic E-state index is 13.8. The van der Waals surface area contributed by atoms with Crippen molar-refractivity contribution in [3.63, 3.8) is 0 Å². The summed E-state index contributed by atoms with van der Waals surface area (Å²) < 4.78 is 90.2. The number of ether oxygens (including phenoxy) is 1. The predicted molar refractivity (Wildman–Crippen MR) is 279 cm³/mol. The van der Waals surface area contributed by atoms with Crippen LogP contribution in [0.3, 0.4) is 0 Å². The molecule has 8 rings (SSSR count). The number of hydrogen-bond donors (Lipinski definition) is 3. The molecule has 0 aliphatic rings. The fourth-order valence-corrected chi connectivity index (χ4v) is 8.07. The molecule has 17 heteroatoms. The van der Waals surface area contributed by atoms with Gasteiger partial charge in [0.25, 0.3) is 22.5 Å². The minimum Gasteiger partial charge on any atom is -0.508 e. The summed E-state index contributed by atoms with van der Waals surface area (Å²) in [5.74, 6) is 1.09. The summed E-state index contributed by atoms with van der Waals surface area (Å²) in [6, 6.07) is 39.6. The highest BCUT2D eigenvalue weighted by Crippen LogP contribution is 2.39. The van der Waals surface area contributed by atoms with Crippen LogP contribution in [-0.4, -0.2) is 31.4 Å². The highest BCUT2D eigenvalue weighted by atomic mass is 19.4. The normalized spacial score (nSPS) is 11.0. The molecule has 0 fully saturated rings. The number of aromatic nitrogens is 2. The molecule has 2 heterocycles. The summed E-state index contributed by atoms with van der Waals surface area (Å²) in [7, 11) is -1.35. The Kier molecular flexibility index (Phi) is 17.4. The number of pyridine rings is 2. The lowest BCUT2D eigenvalue weighted by molar-refractivity contribution is -0.137. The molecule has 382 valence electrons. The van der Waals surface area contributed by atoms with E-state index in [0.717, 1.165) is 56.6 Å². The van der Waals surface area contributed by atoms with Crippen LogP contribution in [0, 0.1) is 54.7 Å². The van der Waals surface area contributed by atoms with E-state index in [4.69, 9.17) is 27.9 Å². The third-order valence-corrected chi connectivity index (χ3v) is 11.9. The van der Waals surface area contributed by atoms with Crippen molar-refractivity contribution < 1.29 is 46.2 Å². The summed E-state index contributed by atoms with van der Waals surface area (Å²) in [5, 5.41) is 26.9. The van der Waals surface area contributed by atoms with Gasteiger partial charge in [0.05, 0.1) is 37.4 Å². The third-order valence-electron chi connectivity index (χ3n) is 11.9. The van der Waals surface area contributed by atoms with Crippen LogP contribution in [0.1, 0.15) is 55.6 Å². The third kappa shape index (κ3) is 13.9. The van der Waals surface area contributed by atoms with E-state index in [1.165, 1.54) is 33.4 Å². The molecule has 0 amide bonds. The van der Waals surface area contributed by atoms with E-state index in [-0.39, 0.29) is 30.2 Å². The lowest BCUT2D eigenvalue weighted by Gasteiger charge is -2.19. The van der Waals surface area contributed by atoms with Gasteiger partial charge in [0.15, 0.2) is 0 Å². The first-order valence-corrected chi connectivity index (χ1v) is 23.0. The minimum atomic E-state index is -4.85. The molecular formula is C58H49BF6N4O6. The minimum absolute atomic E-state index is 0.0157. The summed E-state index contributed by atoms with van der Waals surface area (Å²) in [5.41, 5.74) is 2.42. The van der Waals surface area contributed by atoms with Crippen LogP contribution in [0.25, 0.3) is 32.2 Å². The Morgan fingerprint density at radius 2 is 0.933 bits per heavy atom. The first kappa shape index (κ1) is 55.7. The SMILES string of the molecule is Cc1cccc(B(O)O)c1.[C-]#[N+]c1c(C(F)(F)F)cc(-c2ccc(O)cc2)n(Cc2ccc(C)cc2C)c1=O.[C-]#[N+]c1c(C(F)(F)F)cc(-c2ccc(Oc3cccc(C)c3)cc2)n(Cc2ccc(C)cc2C)c1=O. The molecule has 0 aliphatic carbocycles. The molecule has 3 N–H and O–H groups in total. The molecule has 0 atom stereocenters. The summed E-state index contributed by atoms with van der Waals surface area (Å²) >= 11 is 0. The van der Waals surface area contributed by atoms with Gasteiger partial charge in [0, 0.05) is 11.4 Å². The zero-order chi connectivity index (χ0) is 54.9. The molecule has 0 unspecified atom stereocenters. The highest BCUT2D eigenvalue weighted by molar-refractivity contribution is 6.58. The number of hydrogen-bond acceptors (Lipinski definition) is 6. The van der Waals surface area contributed by atoms with Gasteiger partial charge in [-0.05, 0) is 159 Å². The van der Waals surface area contributed by atoms with Crippen LogP contribution in [0.4, 0.5) is 37.7 Å². The standard InChI is InChI=1S/C29H23F3N2O2.C22H17F3N2O2.C7H9BO2/c1-18-6-5-7-24(15-18)36-23-12-10-21(11-13-23)26-16-25(29(30,31)32)27(33-4)28(35)34(26)17-22-9-8-19(2)14-20(22)3;1-13-4-5-16(14(2)10-13)12-27-19(15-6-8-17(28)9-7-15)11-18(22(23,24)25)20(26-3)21(27)29;1-6-3-2-4-7(5-6)8(9)10/h5-16H,17H2,1-3H3;4-11,28H,12H2,1-2H3;2-5,9-10H,1H3. The number of aromatic hydroxyl groups is 1. The van der Waals surface area contributed by atoms with Crippen LogP contribution in [-0.2, 0) is 25.4 Å². The quantitative estimate of drug-likeness (QED) is 0.0752. The molecule has 6 aromatic carbocycles. The zero-order valence-corrected chi connectivity index (χ0v) is 41.5. The van der Waals surface area contributed by atoms with Crippen molar-refractivity contribution in [1.29, 1.82) is 0 Å². The van der Waals surface area contributed by atoms with Gasteiger partial charge >= 0.3 is 19.5 Å². The highest BCUT2D eigenvalue weighted by Gasteiger charge is 2.38. The first-order valence-electron chi connectivity index (χ1n) is 23.0. The second-order valence-electron chi connectivity index (χ2n) is 17.7. The Morgan fingerprint density at radius 3 is 1.31 bits per heavy atom. The van der Waals surface area contributed by atoms with Crippen molar-refractivity contribution in [2.24, 2.45) is 0 Å². The van der Waals surface area contributed by atoms with E-state index < -0.39 is 53.1 Å². The van der Waals surface area contributed by atoms with E-state index in [2.05, 4.69) is 9.69 Å². The first-order chi connectivity index (χ1) is 35.4. The molecule has 0 saturated heterocycles. The zero-order valence-electron chi connectivity index (χ0n) is 41.5. The molecular weight excluding hydrogens is 973 g/mol. The molecule has 0 saturated carbocycles. The maximum absolute atomic E-state index is 13.8. The number of phenols is 1. The Labute approximate surface area is 429 Å². The van der Waals surface area contributed by atoms with Crippen molar-refractivity contribution in [3.05, 3.63) is 245 Å². The van der Waals surface area contributed by atoms with Gasteiger partial charge in [-0.2, -0.15) is 26.3 Å². The molecule has 0 radical (unpaired) electrons. The summed E-state index contributed by atoms with van der Waals surface area (Å²) in [6.45, 7) is 25.9. The van der Waals surface area contributed by atoms with E-state index >= 15 is 0 Å². The van der Waals surface area contributed by atoms with E-state index in [9.17, 15) is 41.0 Å². The van der Waals surface area contributed by atoms with Crippen molar-refractivity contribution in [2.75, 3.05) is 0 Å². The summed E-state index contributed by atoms with van der Waals surface area (Å²) in [6.07, 6.45) is -9.69. The second-order valence-corrected chi connectivity index (χ2v) is 17.7. The Hall–Kier alpha value is -8.64. The molecule has 0 aliphatic heterocycles. The number of halogens is 6. The fraction of sp³-hybridized carbons (Fsp3) is 0.172. The lowest BCUT2D eigenvalue weighted by atomic mass is 9.80. The number of rotatable bonds is 9. The Bertz CT molecular complexity index is 3580. The van der Waals surface area contributed by atoms with Gasteiger partial charge in [0.2, 0.25) is 0 Å². The number of phenolic OH excluding ortho intramolecular Hbond substituents is 1. The van der Waals surface area contributed by atoms with Gasteiger partial charge in [-0.25, -0.2) is 9.69 Å². The van der Waals surface area contributed by atoms with Crippen molar-refractivity contribution >= 4 is 24.0 Å². The number of aryl methyl sites for hydroxylation is 6. The molecule has 0 spiro atoms. The topological polar surface area (TPSA) is 123 Å². The molecule has 75 heavy (non-hydrogen) atoms. The van der Waals surface area contributed by atoms with Crippen LogP contribution < -0.4 is 21.3 Å². The molecule has 10 nitrogen and oxygen atoms in total. The fourth-order valence-electron chi connectivity index (χ4n) is 8.07. The van der Waals surface area contributed by atoms with Crippen LogP contribution in [0.15, 0.2) is 155 Å². The molecule has 2 aromatic heterocycles. The largest absolute Gasteiger partial charge is 0.508 e. The lowest BCUT2D eigenvalue weighted by Crippen LogP contribution is -2.29. The van der Waals surface area contributed by atoms with Crippen LogP contribution in [0.5, 0.6) is 17.2 Å². The monoisotopic (exact) mass is 1020 g/mol. The van der Waals surface area contributed by atoms with Crippen molar-refractivity contribution in [2.45, 2.75) is 67.0 Å². The average molecular weight is 1020 g/mol. The Morgan fingerprint density at radius 1 is 0.520 bits per heavy atom. The number of alkyl halides is 6. The predicted octanol–water partition coefficient (Wildman–Crippen LogP) is 13.0. The molecule has 8 aromatic rings. The molecule has 0 bridgehead atoms. The second kappa shape index (κ2) is 23.5. The van der Waals surface area contributed by atoms with E-state index in [0.29, 0.717) is 28.1 Å². The average Bonchev–Trinajstić information content (AvgIpc) is 3.34. The smallest absolute Gasteiger partial charge is 0.488 e. The van der Waals surface area contributed by atoms with Gasteiger partial charge in [-0.1, -0.05) is 89.5 Å². The van der Waals surface area contributed by atoms with Crippen molar-refractivity contribution in [3.8, 4) is 39.8 Å². The summed E-state index contributed by atoms with van der Waals surface area (Å²) in [4.78, 5) is 32.0. The number of nitrogens with zero attached hydrogens (tertiary/aromatic N) is 4. The van der Waals surface area contributed by atoms with Gasteiger partial charge < -0.3 is 29.0 Å².